The Morgan fingerprint density at radius 1 is 1.19 bits per heavy atom. The quantitative estimate of drug-likeness (QED) is 0.824. The van der Waals surface area contributed by atoms with Crippen LogP contribution in [0.15, 0.2) is 17.5 Å². The molecule has 4 rings (SSSR count). The average molecular weight is 391 g/mol. The van der Waals surface area contributed by atoms with E-state index in [1.54, 1.807) is 4.90 Å². The number of amides is 3. The van der Waals surface area contributed by atoms with Crippen molar-refractivity contribution >= 4 is 29.1 Å². The molecule has 27 heavy (non-hydrogen) atoms. The molecule has 3 heterocycles. The molecule has 2 unspecified atom stereocenters. The van der Waals surface area contributed by atoms with Crippen molar-refractivity contribution in [2.75, 3.05) is 32.7 Å². The van der Waals surface area contributed by atoms with E-state index in [-0.39, 0.29) is 29.8 Å². The molecule has 2 saturated heterocycles. The number of hydrogen-bond donors (Lipinski definition) is 1. The Kier molecular flexibility index (Phi) is 5.19. The molecule has 1 N–H and O–H groups in total. The molecule has 1 aliphatic carbocycles. The summed E-state index contributed by atoms with van der Waals surface area (Å²) in [5.74, 6) is -0.0323. The SMILES string of the molecule is CC(=O)N1CC(N(C(=O)c2cccs2)C2CC2)CC1C(=O)N1CCNCC1. The Labute approximate surface area is 163 Å². The van der Waals surface area contributed by atoms with Gasteiger partial charge < -0.3 is 20.0 Å². The lowest BCUT2D eigenvalue weighted by Gasteiger charge is -2.32. The van der Waals surface area contributed by atoms with Gasteiger partial charge in [0.1, 0.15) is 6.04 Å². The fourth-order valence-electron chi connectivity index (χ4n) is 4.20. The van der Waals surface area contributed by atoms with Gasteiger partial charge in [0.2, 0.25) is 11.8 Å². The van der Waals surface area contributed by atoms with Gasteiger partial charge in [-0.15, -0.1) is 11.3 Å². The molecule has 146 valence electrons. The Morgan fingerprint density at radius 3 is 2.52 bits per heavy atom. The third kappa shape index (κ3) is 3.73. The maximum Gasteiger partial charge on any atom is 0.264 e. The van der Waals surface area contributed by atoms with Gasteiger partial charge >= 0.3 is 0 Å². The Balaban J connectivity index is 1.53. The van der Waals surface area contributed by atoms with E-state index in [9.17, 15) is 14.4 Å². The molecule has 8 heteroatoms. The highest BCUT2D eigenvalue weighted by Gasteiger charge is 2.47. The molecular weight excluding hydrogens is 364 g/mol. The maximum absolute atomic E-state index is 13.1. The summed E-state index contributed by atoms with van der Waals surface area (Å²) in [5, 5.41) is 5.16. The number of nitrogens with one attached hydrogen (secondary N) is 1. The lowest BCUT2D eigenvalue weighted by molar-refractivity contribution is -0.143. The Bertz CT molecular complexity index is 713. The number of rotatable bonds is 4. The van der Waals surface area contributed by atoms with Crippen molar-refractivity contribution in [3.8, 4) is 0 Å². The van der Waals surface area contributed by atoms with Crippen LogP contribution in [-0.4, -0.2) is 83.3 Å². The summed E-state index contributed by atoms with van der Waals surface area (Å²) >= 11 is 1.45. The molecule has 3 aliphatic rings. The van der Waals surface area contributed by atoms with Gasteiger partial charge in [0.05, 0.1) is 10.9 Å². The maximum atomic E-state index is 13.1. The van der Waals surface area contributed by atoms with E-state index in [4.69, 9.17) is 0 Å². The smallest absolute Gasteiger partial charge is 0.264 e. The van der Waals surface area contributed by atoms with Gasteiger partial charge in [-0.05, 0) is 30.7 Å². The molecule has 1 saturated carbocycles. The van der Waals surface area contributed by atoms with Crippen molar-refractivity contribution in [2.24, 2.45) is 0 Å². The van der Waals surface area contributed by atoms with Crippen LogP contribution in [0, 0.1) is 0 Å². The van der Waals surface area contributed by atoms with Crippen LogP contribution in [-0.2, 0) is 9.59 Å². The lowest BCUT2D eigenvalue weighted by atomic mass is 10.1. The topological polar surface area (TPSA) is 73.0 Å². The number of carbonyl (C=O) groups is 3. The van der Waals surface area contributed by atoms with E-state index in [1.165, 1.54) is 18.3 Å². The third-order valence-corrected chi connectivity index (χ3v) is 6.56. The highest BCUT2D eigenvalue weighted by atomic mass is 32.1. The number of carbonyl (C=O) groups excluding carboxylic acids is 3. The van der Waals surface area contributed by atoms with Gasteiger partial charge in [0.25, 0.3) is 5.91 Å². The van der Waals surface area contributed by atoms with Crippen LogP contribution < -0.4 is 5.32 Å². The molecule has 0 aromatic carbocycles. The number of hydrogen-bond acceptors (Lipinski definition) is 5. The summed E-state index contributed by atoms with van der Waals surface area (Å²) in [4.78, 5) is 44.6. The normalized spacial score (nSPS) is 25.5. The van der Waals surface area contributed by atoms with Gasteiger partial charge in [0, 0.05) is 45.7 Å². The predicted molar refractivity (Wildman–Crippen MR) is 103 cm³/mol. The first-order valence-corrected chi connectivity index (χ1v) is 10.6. The van der Waals surface area contributed by atoms with E-state index in [2.05, 4.69) is 5.32 Å². The second-order valence-corrected chi connectivity index (χ2v) is 8.52. The number of piperazine rings is 1. The van der Waals surface area contributed by atoms with E-state index < -0.39 is 6.04 Å². The van der Waals surface area contributed by atoms with Crippen molar-refractivity contribution in [3.63, 3.8) is 0 Å². The minimum atomic E-state index is -0.456. The minimum absolute atomic E-state index is 0.0218. The lowest BCUT2D eigenvalue weighted by Crippen LogP contribution is -2.53. The molecule has 3 amide bonds. The molecule has 2 aliphatic heterocycles. The van der Waals surface area contributed by atoms with Crippen LogP contribution >= 0.6 is 11.3 Å². The van der Waals surface area contributed by atoms with Crippen LogP contribution in [0.1, 0.15) is 35.9 Å². The van der Waals surface area contributed by atoms with Gasteiger partial charge in [-0.3, -0.25) is 14.4 Å². The predicted octanol–water partition coefficient (Wildman–Crippen LogP) is 0.774. The van der Waals surface area contributed by atoms with Crippen LogP contribution in [0.25, 0.3) is 0 Å². The zero-order valence-corrected chi connectivity index (χ0v) is 16.4. The summed E-state index contributed by atoms with van der Waals surface area (Å²) in [6.07, 6.45) is 2.55. The largest absolute Gasteiger partial charge is 0.338 e. The summed E-state index contributed by atoms with van der Waals surface area (Å²) in [7, 11) is 0. The molecule has 2 atom stereocenters. The molecule has 0 bridgehead atoms. The highest BCUT2D eigenvalue weighted by molar-refractivity contribution is 7.12. The standard InChI is InChI=1S/C19H26N4O3S/c1-13(24)22-12-15(11-16(22)18(25)21-8-6-20-7-9-21)23(14-4-5-14)19(26)17-3-2-10-27-17/h2-3,10,14-16,20H,4-9,11-12H2,1H3. The van der Waals surface area contributed by atoms with Crippen LogP contribution in [0.4, 0.5) is 0 Å². The summed E-state index contributed by atoms with van der Waals surface area (Å²) in [6, 6.07) is 3.43. The van der Waals surface area contributed by atoms with Crippen molar-refractivity contribution in [1.82, 2.24) is 20.0 Å². The fourth-order valence-corrected chi connectivity index (χ4v) is 4.87. The van der Waals surface area contributed by atoms with Crippen molar-refractivity contribution < 1.29 is 14.4 Å². The second-order valence-electron chi connectivity index (χ2n) is 7.57. The van der Waals surface area contributed by atoms with Gasteiger partial charge in [0.15, 0.2) is 0 Å². The van der Waals surface area contributed by atoms with Crippen LogP contribution in [0.5, 0.6) is 0 Å². The van der Waals surface area contributed by atoms with Gasteiger partial charge in [-0.2, -0.15) is 0 Å². The summed E-state index contributed by atoms with van der Waals surface area (Å²) < 4.78 is 0. The zero-order chi connectivity index (χ0) is 19.0. The average Bonchev–Trinajstić information content (AvgIpc) is 3.18. The molecule has 0 spiro atoms. The van der Waals surface area contributed by atoms with Gasteiger partial charge in [-0.1, -0.05) is 6.07 Å². The van der Waals surface area contributed by atoms with Crippen molar-refractivity contribution in [3.05, 3.63) is 22.4 Å². The molecule has 1 aromatic rings. The molecule has 0 radical (unpaired) electrons. The number of thiophene rings is 1. The van der Waals surface area contributed by atoms with E-state index in [0.717, 1.165) is 30.8 Å². The molecule has 1 aromatic heterocycles. The minimum Gasteiger partial charge on any atom is -0.338 e. The first-order valence-electron chi connectivity index (χ1n) is 9.69. The number of nitrogens with zero attached hydrogens (tertiary/aromatic N) is 3. The second kappa shape index (κ2) is 7.59. The van der Waals surface area contributed by atoms with E-state index in [0.29, 0.717) is 26.1 Å². The first kappa shape index (κ1) is 18.4. The summed E-state index contributed by atoms with van der Waals surface area (Å²) in [6.45, 7) is 4.88. The fraction of sp³-hybridized carbons (Fsp3) is 0.632. The van der Waals surface area contributed by atoms with Crippen LogP contribution in [0.2, 0.25) is 0 Å². The number of likely N-dealkylation sites (tertiary alicyclic amines) is 1. The Morgan fingerprint density at radius 2 is 1.93 bits per heavy atom. The van der Waals surface area contributed by atoms with Gasteiger partial charge in [-0.25, -0.2) is 0 Å². The van der Waals surface area contributed by atoms with E-state index in [1.807, 2.05) is 27.3 Å². The Hall–Kier alpha value is -1.93. The molecule has 3 fully saturated rings. The molecule has 7 nitrogen and oxygen atoms in total. The van der Waals surface area contributed by atoms with Crippen LogP contribution in [0.3, 0.4) is 0 Å². The van der Waals surface area contributed by atoms with E-state index >= 15 is 0 Å². The van der Waals surface area contributed by atoms with Crippen molar-refractivity contribution in [1.29, 1.82) is 0 Å². The third-order valence-electron chi connectivity index (χ3n) is 5.70. The summed E-state index contributed by atoms with van der Waals surface area (Å²) in [5.41, 5.74) is 0. The molecular formula is C19H26N4O3S. The monoisotopic (exact) mass is 390 g/mol. The first-order chi connectivity index (χ1) is 13.1. The highest BCUT2D eigenvalue weighted by Crippen LogP contribution is 2.35. The zero-order valence-electron chi connectivity index (χ0n) is 15.6. The van der Waals surface area contributed by atoms with Crippen molar-refractivity contribution in [2.45, 2.75) is 44.3 Å².